The van der Waals surface area contributed by atoms with E-state index >= 15 is 0 Å². The summed E-state index contributed by atoms with van der Waals surface area (Å²) in [5.74, 6) is 0.304. The zero-order valence-corrected chi connectivity index (χ0v) is 9.20. The van der Waals surface area contributed by atoms with Crippen molar-refractivity contribution in [3.05, 3.63) is 18.5 Å². The Morgan fingerprint density at radius 3 is 2.93 bits per heavy atom. The second-order valence-corrected chi connectivity index (χ2v) is 5.74. The minimum absolute atomic E-state index is 0.304. The van der Waals surface area contributed by atoms with E-state index in [2.05, 4.69) is 4.98 Å². The Hall–Kier alpha value is -0.850. The maximum Gasteiger partial charge on any atom is 0.244 e. The second-order valence-electron chi connectivity index (χ2n) is 3.80. The number of rotatable bonds is 3. The van der Waals surface area contributed by atoms with E-state index in [9.17, 15) is 8.42 Å². The molecular weight excluding hydrogens is 214 g/mol. The van der Waals surface area contributed by atoms with Gasteiger partial charge in [0.15, 0.2) is 0 Å². The van der Waals surface area contributed by atoms with Gasteiger partial charge >= 0.3 is 0 Å². The van der Waals surface area contributed by atoms with Crippen LogP contribution in [-0.4, -0.2) is 37.3 Å². The first-order chi connectivity index (χ1) is 7.14. The van der Waals surface area contributed by atoms with Crippen LogP contribution in [0.4, 0.5) is 0 Å². The number of hydrogen-bond donors (Lipinski definition) is 2. The van der Waals surface area contributed by atoms with Gasteiger partial charge in [-0.15, -0.1) is 0 Å². The molecule has 5 nitrogen and oxygen atoms in total. The van der Waals surface area contributed by atoms with E-state index in [0.29, 0.717) is 30.4 Å². The molecule has 15 heavy (non-hydrogen) atoms. The summed E-state index contributed by atoms with van der Waals surface area (Å²) in [6, 6.07) is 1.57. The van der Waals surface area contributed by atoms with E-state index in [1.54, 1.807) is 12.3 Å². The zero-order chi connectivity index (χ0) is 10.9. The summed E-state index contributed by atoms with van der Waals surface area (Å²) in [6.45, 7) is 1.68. The normalized spacial score (nSPS) is 23.4. The predicted octanol–water partition coefficient (Wildman–Crippen LogP) is -0.0160. The number of nitrogens with two attached hydrogens (primary N) is 1. The molecule has 0 spiro atoms. The summed E-state index contributed by atoms with van der Waals surface area (Å²) in [4.78, 5) is 3.09. The Bertz CT molecular complexity index is 413. The second kappa shape index (κ2) is 3.96. The van der Waals surface area contributed by atoms with Crippen LogP contribution in [0.15, 0.2) is 23.4 Å². The fourth-order valence-corrected chi connectivity index (χ4v) is 3.33. The first-order valence-electron chi connectivity index (χ1n) is 4.97. The third-order valence-electron chi connectivity index (χ3n) is 2.79. The molecule has 1 unspecified atom stereocenters. The van der Waals surface area contributed by atoms with Crippen molar-refractivity contribution in [3.8, 4) is 0 Å². The van der Waals surface area contributed by atoms with Crippen LogP contribution >= 0.6 is 0 Å². The van der Waals surface area contributed by atoms with Crippen molar-refractivity contribution in [2.75, 3.05) is 19.6 Å². The van der Waals surface area contributed by atoms with Crippen LogP contribution in [0.25, 0.3) is 0 Å². The van der Waals surface area contributed by atoms with Gasteiger partial charge in [0.1, 0.15) is 0 Å². The monoisotopic (exact) mass is 229 g/mol. The summed E-state index contributed by atoms with van der Waals surface area (Å²) >= 11 is 0. The average molecular weight is 229 g/mol. The Kier molecular flexibility index (Phi) is 2.81. The van der Waals surface area contributed by atoms with Gasteiger partial charge in [-0.05, 0) is 24.9 Å². The summed E-state index contributed by atoms with van der Waals surface area (Å²) in [5.41, 5.74) is 5.53. The lowest BCUT2D eigenvalue weighted by Gasteiger charge is -2.14. The first kappa shape index (κ1) is 10.7. The largest absolute Gasteiger partial charge is 0.366 e. The lowest BCUT2D eigenvalue weighted by Crippen LogP contribution is -2.29. The fraction of sp³-hybridized carbons (Fsp3) is 0.556. The Morgan fingerprint density at radius 1 is 1.60 bits per heavy atom. The molecule has 3 N–H and O–H groups in total. The highest BCUT2D eigenvalue weighted by Crippen LogP contribution is 2.23. The van der Waals surface area contributed by atoms with Crippen molar-refractivity contribution in [2.45, 2.75) is 11.3 Å². The molecule has 0 amide bonds. The van der Waals surface area contributed by atoms with Gasteiger partial charge < -0.3 is 10.7 Å². The molecule has 1 aliphatic heterocycles. The van der Waals surface area contributed by atoms with Gasteiger partial charge in [0.05, 0.1) is 4.90 Å². The van der Waals surface area contributed by atoms with Crippen molar-refractivity contribution in [2.24, 2.45) is 11.7 Å². The molecule has 0 radical (unpaired) electrons. The summed E-state index contributed by atoms with van der Waals surface area (Å²) in [6.07, 6.45) is 3.98. The van der Waals surface area contributed by atoms with Gasteiger partial charge in [0, 0.05) is 25.5 Å². The molecule has 1 aromatic rings. The zero-order valence-electron chi connectivity index (χ0n) is 8.39. The van der Waals surface area contributed by atoms with E-state index in [-0.39, 0.29) is 0 Å². The van der Waals surface area contributed by atoms with Gasteiger partial charge in [-0.1, -0.05) is 0 Å². The lowest BCUT2D eigenvalue weighted by molar-refractivity contribution is 0.459. The molecule has 84 valence electrons. The highest BCUT2D eigenvalue weighted by atomic mass is 32.2. The van der Waals surface area contributed by atoms with Crippen molar-refractivity contribution < 1.29 is 8.42 Å². The van der Waals surface area contributed by atoms with Crippen LogP contribution in [0.5, 0.6) is 0 Å². The minimum Gasteiger partial charge on any atom is -0.366 e. The molecule has 0 bridgehead atoms. The molecule has 2 rings (SSSR count). The molecule has 1 aromatic heterocycles. The lowest BCUT2D eigenvalue weighted by atomic mass is 10.1. The predicted molar refractivity (Wildman–Crippen MR) is 56.7 cm³/mol. The number of H-pyrrole nitrogens is 1. The van der Waals surface area contributed by atoms with Crippen LogP contribution in [0.1, 0.15) is 6.42 Å². The molecule has 1 atom stereocenters. The Balaban J connectivity index is 2.18. The summed E-state index contributed by atoms with van der Waals surface area (Å²) in [5, 5.41) is 0. The minimum atomic E-state index is -3.29. The van der Waals surface area contributed by atoms with Crippen molar-refractivity contribution in [1.29, 1.82) is 0 Å². The molecular formula is C9H15N3O2S. The standard InChI is InChI=1S/C9H15N3O2S/c10-5-8-2-4-12(7-8)15(13,14)9-1-3-11-6-9/h1,3,6,8,11H,2,4-5,7,10H2. The van der Waals surface area contributed by atoms with E-state index in [1.165, 1.54) is 10.5 Å². The van der Waals surface area contributed by atoms with Crippen LogP contribution < -0.4 is 5.73 Å². The first-order valence-corrected chi connectivity index (χ1v) is 6.41. The Morgan fingerprint density at radius 2 is 2.40 bits per heavy atom. The fourth-order valence-electron chi connectivity index (χ4n) is 1.83. The molecule has 0 aromatic carbocycles. The van der Waals surface area contributed by atoms with Gasteiger partial charge in [0.25, 0.3) is 0 Å². The summed E-state index contributed by atoms with van der Waals surface area (Å²) in [7, 11) is -3.29. The van der Waals surface area contributed by atoms with Gasteiger partial charge in [-0.2, -0.15) is 4.31 Å². The third-order valence-corrected chi connectivity index (χ3v) is 4.65. The molecule has 1 saturated heterocycles. The number of aromatic nitrogens is 1. The molecule has 1 aliphatic rings. The topological polar surface area (TPSA) is 79.2 Å². The van der Waals surface area contributed by atoms with E-state index < -0.39 is 10.0 Å². The molecule has 1 fully saturated rings. The number of nitrogens with one attached hydrogen (secondary N) is 1. The quantitative estimate of drug-likeness (QED) is 0.764. The average Bonchev–Trinajstić information content (AvgIpc) is 2.89. The number of aromatic amines is 1. The smallest absolute Gasteiger partial charge is 0.244 e. The van der Waals surface area contributed by atoms with Gasteiger partial charge in [0.2, 0.25) is 10.0 Å². The van der Waals surface area contributed by atoms with E-state index in [0.717, 1.165) is 6.42 Å². The number of sulfonamides is 1. The van der Waals surface area contributed by atoms with E-state index in [4.69, 9.17) is 5.73 Å². The van der Waals surface area contributed by atoms with E-state index in [1.807, 2.05) is 0 Å². The van der Waals surface area contributed by atoms with Crippen LogP contribution in [-0.2, 0) is 10.0 Å². The van der Waals surface area contributed by atoms with Crippen LogP contribution in [0.3, 0.4) is 0 Å². The Labute approximate surface area is 89.3 Å². The molecule has 0 saturated carbocycles. The highest BCUT2D eigenvalue weighted by Gasteiger charge is 2.31. The van der Waals surface area contributed by atoms with Crippen molar-refractivity contribution in [1.82, 2.24) is 9.29 Å². The summed E-state index contributed by atoms with van der Waals surface area (Å²) < 4.78 is 25.6. The highest BCUT2D eigenvalue weighted by molar-refractivity contribution is 7.89. The van der Waals surface area contributed by atoms with Gasteiger partial charge in [-0.3, -0.25) is 0 Å². The number of nitrogens with zero attached hydrogens (tertiary/aromatic N) is 1. The third kappa shape index (κ3) is 1.92. The molecule has 6 heteroatoms. The molecule has 2 heterocycles. The maximum atomic E-state index is 12.0. The van der Waals surface area contributed by atoms with Crippen LogP contribution in [0.2, 0.25) is 0 Å². The van der Waals surface area contributed by atoms with Crippen LogP contribution in [0, 0.1) is 5.92 Å². The maximum absolute atomic E-state index is 12.0. The number of hydrogen-bond acceptors (Lipinski definition) is 3. The van der Waals surface area contributed by atoms with Crippen molar-refractivity contribution >= 4 is 10.0 Å². The SMILES string of the molecule is NCC1CCN(S(=O)(=O)c2cc[nH]c2)C1. The van der Waals surface area contributed by atoms with Crippen molar-refractivity contribution in [3.63, 3.8) is 0 Å². The van der Waals surface area contributed by atoms with Gasteiger partial charge in [-0.25, -0.2) is 8.42 Å². The molecule has 0 aliphatic carbocycles.